The summed E-state index contributed by atoms with van der Waals surface area (Å²) in [5.74, 6) is 1.61. The average molecular weight is 277 g/mol. The number of amides is 1. The summed E-state index contributed by atoms with van der Waals surface area (Å²) in [5, 5.41) is 3.00. The van der Waals surface area contributed by atoms with E-state index in [9.17, 15) is 4.79 Å². The van der Waals surface area contributed by atoms with E-state index < -0.39 is 0 Å². The van der Waals surface area contributed by atoms with E-state index in [-0.39, 0.29) is 5.91 Å². The lowest BCUT2D eigenvalue weighted by atomic mass is 10.0. The van der Waals surface area contributed by atoms with Crippen LogP contribution in [0.5, 0.6) is 5.75 Å². The fourth-order valence-electron chi connectivity index (χ4n) is 2.05. The average Bonchev–Trinajstić information content (AvgIpc) is 2.45. The highest BCUT2D eigenvalue weighted by molar-refractivity contribution is 5.75. The second kappa shape index (κ2) is 9.40. The van der Waals surface area contributed by atoms with Crippen LogP contribution in [0.4, 0.5) is 0 Å². The largest absolute Gasteiger partial charge is 0.494 e. The fourth-order valence-corrected chi connectivity index (χ4v) is 2.05. The predicted molar refractivity (Wildman–Crippen MR) is 83.0 cm³/mol. The highest BCUT2D eigenvalue weighted by atomic mass is 16.5. The van der Waals surface area contributed by atoms with Crippen LogP contribution < -0.4 is 10.1 Å². The highest BCUT2D eigenvalue weighted by Gasteiger charge is 2.06. The van der Waals surface area contributed by atoms with Gasteiger partial charge in [-0.25, -0.2) is 0 Å². The first-order valence-electron chi connectivity index (χ1n) is 7.61. The Bertz CT molecular complexity index is 400. The van der Waals surface area contributed by atoms with Crippen LogP contribution in [0.1, 0.15) is 45.1 Å². The van der Waals surface area contributed by atoms with Gasteiger partial charge in [-0.1, -0.05) is 38.8 Å². The van der Waals surface area contributed by atoms with Gasteiger partial charge in [0.25, 0.3) is 0 Å². The number of benzene rings is 1. The van der Waals surface area contributed by atoms with Gasteiger partial charge in [0.2, 0.25) is 5.91 Å². The third kappa shape index (κ3) is 6.60. The monoisotopic (exact) mass is 277 g/mol. The smallest absolute Gasteiger partial charge is 0.220 e. The first kappa shape index (κ1) is 16.5. The van der Waals surface area contributed by atoms with Gasteiger partial charge in [-0.2, -0.15) is 0 Å². The van der Waals surface area contributed by atoms with E-state index in [0.717, 1.165) is 31.6 Å². The molecule has 0 bridgehead atoms. The van der Waals surface area contributed by atoms with Crippen LogP contribution in [0.25, 0.3) is 0 Å². The number of rotatable bonds is 9. The minimum atomic E-state index is 0.129. The van der Waals surface area contributed by atoms with Crippen molar-refractivity contribution >= 4 is 5.91 Å². The van der Waals surface area contributed by atoms with Crippen LogP contribution in [0.3, 0.4) is 0 Å². The second-order valence-corrected chi connectivity index (χ2v) is 5.26. The number of carbonyl (C=O) groups is 1. The van der Waals surface area contributed by atoms with Gasteiger partial charge in [0.05, 0.1) is 6.61 Å². The van der Waals surface area contributed by atoms with E-state index >= 15 is 0 Å². The Morgan fingerprint density at radius 2 is 2.05 bits per heavy atom. The molecule has 0 saturated carbocycles. The number of carbonyl (C=O) groups excluding carboxylic acids is 1. The van der Waals surface area contributed by atoms with Crippen molar-refractivity contribution in [3.8, 4) is 5.75 Å². The zero-order valence-electron chi connectivity index (χ0n) is 12.9. The molecule has 1 rings (SSSR count). The molecule has 0 saturated heterocycles. The first-order valence-corrected chi connectivity index (χ1v) is 7.61. The maximum absolute atomic E-state index is 11.7. The third-order valence-electron chi connectivity index (χ3n) is 3.55. The molecule has 0 aliphatic rings. The minimum Gasteiger partial charge on any atom is -0.494 e. The van der Waals surface area contributed by atoms with Crippen LogP contribution in [0.15, 0.2) is 24.3 Å². The number of hydrogen-bond acceptors (Lipinski definition) is 2. The van der Waals surface area contributed by atoms with Gasteiger partial charge in [-0.05, 0) is 37.0 Å². The minimum absolute atomic E-state index is 0.129. The van der Waals surface area contributed by atoms with Gasteiger partial charge in [0.15, 0.2) is 0 Å². The van der Waals surface area contributed by atoms with E-state index in [1.54, 1.807) is 0 Å². The third-order valence-corrected chi connectivity index (χ3v) is 3.55. The van der Waals surface area contributed by atoms with E-state index in [1.165, 1.54) is 5.56 Å². The van der Waals surface area contributed by atoms with Crippen LogP contribution in [-0.2, 0) is 4.79 Å². The van der Waals surface area contributed by atoms with Crippen molar-refractivity contribution in [2.45, 2.75) is 46.5 Å². The molecule has 1 aromatic rings. The van der Waals surface area contributed by atoms with Crippen LogP contribution in [-0.4, -0.2) is 19.1 Å². The van der Waals surface area contributed by atoms with Gasteiger partial charge in [-0.3, -0.25) is 4.79 Å². The maximum Gasteiger partial charge on any atom is 0.220 e. The normalized spacial score (nSPS) is 10.6. The number of nitrogens with one attached hydrogen (secondary N) is 1. The van der Waals surface area contributed by atoms with Crippen molar-refractivity contribution in [2.75, 3.05) is 13.2 Å². The molecule has 1 aromatic carbocycles. The molecule has 0 spiro atoms. The quantitative estimate of drug-likeness (QED) is 0.699. The van der Waals surface area contributed by atoms with Crippen molar-refractivity contribution in [3.63, 3.8) is 0 Å². The molecule has 0 aliphatic carbocycles. The molecule has 0 fully saturated rings. The molecule has 0 aromatic heterocycles. The lowest BCUT2D eigenvalue weighted by molar-refractivity contribution is -0.121. The molecular weight excluding hydrogens is 250 g/mol. The highest BCUT2D eigenvalue weighted by Crippen LogP contribution is 2.12. The van der Waals surface area contributed by atoms with Gasteiger partial charge >= 0.3 is 0 Å². The Hall–Kier alpha value is -1.51. The summed E-state index contributed by atoms with van der Waals surface area (Å²) >= 11 is 0. The summed E-state index contributed by atoms with van der Waals surface area (Å²) in [6.45, 7) is 7.75. The number of hydrogen-bond donors (Lipinski definition) is 1. The van der Waals surface area contributed by atoms with Gasteiger partial charge in [0, 0.05) is 13.0 Å². The zero-order chi connectivity index (χ0) is 14.8. The predicted octanol–water partition coefficient (Wildman–Crippen LogP) is 3.71. The fraction of sp³-hybridized carbons (Fsp3) is 0.588. The van der Waals surface area contributed by atoms with Crippen LogP contribution in [0.2, 0.25) is 0 Å². The Balaban J connectivity index is 2.13. The van der Waals surface area contributed by atoms with Gasteiger partial charge in [0.1, 0.15) is 5.75 Å². The van der Waals surface area contributed by atoms with E-state index in [1.807, 2.05) is 31.2 Å². The summed E-state index contributed by atoms with van der Waals surface area (Å²) in [4.78, 5) is 11.7. The Labute approximate surface area is 122 Å². The SMILES string of the molecule is CCC(CC)CNC(=O)CCCOc1cccc(C)c1. The Kier molecular flexibility index (Phi) is 7.78. The maximum atomic E-state index is 11.7. The van der Waals surface area contributed by atoms with Gasteiger partial charge < -0.3 is 10.1 Å². The summed E-state index contributed by atoms with van der Waals surface area (Å²) in [5.41, 5.74) is 1.19. The standard InChI is InChI=1S/C17H27NO2/c1-4-15(5-2)13-18-17(19)10-7-11-20-16-9-6-8-14(3)12-16/h6,8-9,12,15H,4-5,7,10-11,13H2,1-3H3,(H,18,19). The molecular formula is C17H27NO2. The first-order chi connectivity index (χ1) is 9.65. The molecule has 0 heterocycles. The van der Waals surface area contributed by atoms with E-state index in [4.69, 9.17) is 4.74 Å². The topological polar surface area (TPSA) is 38.3 Å². The molecule has 20 heavy (non-hydrogen) atoms. The molecule has 0 unspecified atom stereocenters. The molecule has 1 amide bonds. The van der Waals surface area contributed by atoms with Crippen molar-refractivity contribution < 1.29 is 9.53 Å². The molecule has 1 N–H and O–H groups in total. The molecule has 112 valence electrons. The van der Waals surface area contributed by atoms with Crippen LogP contribution >= 0.6 is 0 Å². The van der Waals surface area contributed by atoms with Crippen molar-refractivity contribution in [3.05, 3.63) is 29.8 Å². The summed E-state index contributed by atoms with van der Waals surface area (Å²) in [6.07, 6.45) is 3.52. The lowest BCUT2D eigenvalue weighted by Crippen LogP contribution is -2.28. The van der Waals surface area contributed by atoms with Crippen molar-refractivity contribution in [2.24, 2.45) is 5.92 Å². The molecule has 3 nitrogen and oxygen atoms in total. The Morgan fingerprint density at radius 1 is 1.30 bits per heavy atom. The molecule has 0 radical (unpaired) electrons. The summed E-state index contributed by atoms with van der Waals surface area (Å²) in [7, 11) is 0. The van der Waals surface area contributed by atoms with E-state index in [0.29, 0.717) is 18.9 Å². The van der Waals surface area contributed by atoms with Gasteiger partial charge in [-0.15, -0.1) is 0 Å². The number of ether oxygens (including phenoxy) is 1. The van der Waals surface area contributed by atoms with E-state index in [2.05, 4.69) is 19.2 Å². The molecule has 0 aliphatic heterocycles. The molecule has 0 atom stereocenters. The summed E-state index contributed by atoms with van der Waals surface area (Å²) in [6, 6.07) is 7.97. The zero-order valence-corrected chi connectivity index (χ0v) is 12.9. The molecule has 3 heteroatoms. The van der Waals surface area contributed by atoms with Crippen molar-refractivity contribution in [1.82, 2.24) is 5.32 Å². The number of aryl methyl sites for hydroxylation is 1. The summed E-state index contributed by atoms with van der Waals surface area (Å²) < 4.78 is 5.63. The van der Waals surface area contributed by atoms with Crippen LogP contribution in [0, 0.1) is 12.8 Å². The van der Waals surface area contributed by atoms with Crippen molar-refractivity contribution in [1.29, 1.82) is 0 Å². The Morgan fingerprint density at radius 3 is 2.70 bits per heavy atom. The lowest BCUT2D eigenvalue weighted by Gasteiger charge is -2.13. The second-order valence-electron chi connectivity index (χ2n) is 5.26.